The van der Waals surface area contributed by atoms with Crippen molar-refractivity contribution in [2.24, 2.45) is 5.73 Å². The first-order valence-corrected chi connectivity index (χ1v) is 6.08. The van der Waals surface area contributed by atoms with Gasteiger partial charge in [-0.1, -0.05) is 6.07 Å². The van der Waals surface area contributed by atoms with Crippen LogP contribution < -0.4 is 16.0 Å². The van der Waals surface area contributed by atoms with Crippen LogP contribution in [-0.4, -0.2) is 25.0 Å². The lowest BCUT2D eigenvalue weighted by atomic mass is 10.2. The van der Waals surface area contributed by atoms with Crippen LogP contribution in [0.25, 0.3) is 0 Å². The van der Waals surface area contributed by atoms with E-state index in [0.29, 0.717) is 0 Å². The maximum atomic E-state index is 11.5. The Morgan fingerprint density at radius 1 is 1.41 bits per heavy atom. The van der Waals surface area contributed by atoms with Crippen molar-refractivity contribution in [2.75, 3.05) is 23.3 Å². The van der Waals surface area contributed by atoms with Crippen molar-refractivity contribution in [1.29, 1.82) is 0 Å². The third-order valence-corrected chi connectivity index (χ3v) is 3.00. The number of anilines is 2. The van der Waals surface area contributed by atoms with Crippen LogP contribution in [0.1, 0.15) is 19.8 Å². The number of hydrogen-bond acceptors (Lipinski definition) is 3. The lowest BCUT2D eigenvalue weighted by Crippen LogP contribution is -2.32. The topological polar surface area (TPSA) is 58.4 Å². The van der Waals surface area contributed by atoms with E-state index in [-0.39, 0.29) is 5.91 Å². The van der Waals surface area contributed by atoms with Crippen molar-refractivity contribution in [2.45, 2.75) is 25.8 Å². The van der Waals surface area contributed by atoms with Gasteiger partial charge in [0.2, 0.25) is 5.91 Å². The lowest BCUT2D eigenvalue weighted by molar-refractivity contribution is -0.117. The summed E-state index contributed by atoms with van der Waals surface area (Å²) < 4.78 is 0. The van der Waals surface area contributed by atoms with E-state index < -0.39 is 6.04 Å². The van der Waals surface area contributed by atoms with Gasteiger partial charge in [0.25, 0.3) is 0 Å². The smallest absolute Gasteiger partial charge is 0.240 e. The highest BCUT2D eigenvalue weighted by atomic mass is 16.2. The molecule has 4 nitrogen and oxygen atoms in total. The average molecular weight is 233 g/mol. The Hall–Kier alpha value is -1.55. The molecule has 4 heteroatoms. The van der Waals surface area contributed by atoms with Crippen molar-refractivity contribution in [3.63, 3.8) is 0 Å². The summed E-state index contributed by atoms with van der Waals surface area (Å²) in [4.78, 5) is 13.8. The number of amides is 1. The van der Waals surface area contributed by atoms with Gasteiger partial charge in [0.05, 0.1) is 6.04 Å². The van der Waals surface area contributed by atoms with Crippen molar-refractivity contribution < 1.29 is 4.79 Å². The standard InChI is InChI=1S/C13H19N3O/c1-10(14)13(17)15-11-5-4-6-12(9-11)16-7-2-3-8-16/h4-6,9-10H,2-3,7-8,14H2,1H3,(H,15,17)/t10-/m1/s1. The summed E-state index contributed by atoms with van der Waals surface area (Å²) in [6.45, 7) is 3.88. The molecule has 1 saturated heterocycles. The minimum absolute atomic E-state index is 0.149. The maximum absolute atomic E-state index is 11.5. The second-order valence-electron chi connectivity index (χ2n) is 4.52. The molecule has 0 saturated carbocycles. The second-order valence-corrected chi connectivity index (χ2v) is 4.52. The minimum Gasteiger partial charge on any atom is -0.371 e. The number of benzene rings is 1. The van der Waals surface area contributed by atoms with E-state index in [4.69, 9.17) is 5.73 Å². The molecule has 1 aromatic rings. The van der Waals surface area contributed by atoms with Gasteiger partial charge in [0, 0.05) is 24.5 Å². The van der Waals surface area contributed by atoms with Crippen LogP contribution in [0.5, 0.6) is 0 Å². The fourth-order valence-electron chi connectivity index (χ4n) is 2.01. The molecular formula is C13H19N3O. The largest absolute Gasteiger partial charge is 0.371 e. The van der Waals surface area contributed by atoms with Gasteiger partial charge in [-0.3, -0.25) is 4.79 Å². The molecule has 0 aliphatic carbocycles. The van der Waals surface area contributed by atoms with Crippen LogP contribution in [0.15, 0.2) is 24.3 Å². The van der Waals surface area contributed by atoms with E-state index in [2.05, 4.69) is 16.3 Å². The Labute approximate surface area is 102 Å². The summed E-state index contributed by atoms with van der Waals surface area (Å²) in [7, 11) is 0. The van der Waals surface area contributed by atoms with E-state index in [9.17, 15) is 4.79 Å². The molecule has 1 fully saturated rings. The van der Waals surface area contributed by atoms with Crippen LogP contribution in [0.4, 0.5) is 11.4 Å². The molecule has 17 heavy (non-hydrogen) atoms. The summed E-state index contributed by atoms with van der Waals surface area (Å²) in [5.74, 6) is -0.149. The summed E-state index contributed by atoms with van der Waals surface area (Å²) in [6.07, 6.45) is 2.49. The molecule has 1 aliphatic rings. The van der Waals surface area contributed by atoms with E-state index in [1.54, 1.807) is 6.92 Å². The van der Waals surface area contributed by atoms with Gasteiger partial charge in [-0.15, -0.1) is 0 Å². The predicted octanol–water partition coefficient (Wildman–Crippen LogP) is 1.57. The Kier molecular flexibility index (Phi) is 3.64. The van der Waals surface area contributed by atoms with Crippen LogP contribution in [0, 0.1) is 0 Å². The summed E-state index contributed by atoms with van der Waals surface area (Å²) >= 11 is 0. The van der Waals surface area contributed by atoms with E-state index in [0.717, 1.165) is 18.8 Å². The lowest BCUT2D eigenvalue weighted by Gasteiger charge is -2.18. The molecular weight excluding hydrogens is 214 g/mol. The highest BCUT2D eigenvalue weighted by Crippen LogP contribution is 2.23. The molecule has 1 atom stereocenters. The van der Waals surface area contributed by atoms with Crippen molar-refractivity contribution in [1.82, 2.24) is 0 Å². The van der Waals surface area contributed by atoms with Crippen molar-refractivity contribution in [3.05, 3.63) is 24.3 Å². The van der Waals surface area contributed by atoms with Gasteiger partial charge >= 0.3 is 0 Å². The van der Waals surface area contributed by atoms with Gasteiger partial charge in [-0.2, -0.15) is 0 Å². The molecule has 2 rings (SSSR count). The number of carbonyl (C=O) groups excluding carboxylic acids is 1. The monoisotopic (exact) mass is 233 g/mol. The third-order valence-electron chi connectivity index (χ3n) is 3.00. The van der Waals surface area contributed by atoms with Gasteiger partial charge in [-0.25, -0.2) is 0 Å². The van der Waals surface area contributed by atoms with Crippen LogP contribution >= 0.6 is 0 Å². The Balaban J connectivity index is 2.08. The fraction of sp³-hybridized carbons (Fsp3) is 0.462. The number of nitrogens with zero attached hydrogens (tertiary/aromatic N) is 1. The molecule has 92 valence electrons. The van der Waals surface area contributed by atoms with Gasteiger partial charge in [0.1, 0.15) is 0 Å². The summed E-state index contributed by atoms with van der Waals surface area (Å²) in [5.41, 5.74) is 7.51. The van der Waals surface area contributed by atoms with Gasteiger partial charge in [0.15, 0.2) is 0 Å². The SMILES string of the molecule is C[C@@H](N)C(=O)Nc1cccc(N2CCCC2)c1. The predicted molar refractivity (Wildman–Crippen MR) is 70.2 cm³/mol. The normalized spacial score (nSPS) is 16.9. The highest BCUT2D eigenvalue weighted by molar-refractivity contribution is 5.94. The molecule has 0 spiro atoms. The van der Waals surface area contributed by atoms with Crippen LogP contribution in [0.2, 0.25) is 0 Å². The zero-order chi connectivity index (χ0) is 12.3. The Morgan fingerprint density at radius 3 is 2.76 bits per heavy atom. The Bertz CT molecular complexity index is 397. The first-order valence-electron chi connectivity index (χ1n) is 6.08. The number of hydrogen-bond donors (Lipinski definition) is 2. The number of nitrogens with two attached hydrogens (primary N) is 1. The van der Waals surface area contributed by atoms with Crippen molar-refractivity contribution >= 4 is 17.3 Å². The summed E-state index contributed by atoms with van der Waals surface area (Å²) in [6, 6.07) is 7.45. The third kappa shape index (κ3) is 2.97. The molecule has 0 aromatic heterocycles. The fourth-order valence-corrected chi connectivity index (χ4v) is 2.01. The number of nitrogens with one attached hydrogen (secondary N) is 1. The van der Waals surface area contributed by atoms with E-state index in [1.807, 2.05) is 18.2 Å². The second kappa shape index (κ2) is 5.19. The first-order chi connectivity index (χ1) is 8.16. The number of carbonyl (C=O) groups is 1. The molecule has 1 aliphatic heterocycles. The maximum Gasteiger partial charge on any atom is 0.240 e. The molecule has 0 radical (unpaired) electrons. The van der Waals surface area contributed by atoms with Gasteiger partial charge < -0.3 is 16.0 Å². The molecule has 1 aromatic carbocycles. The number of rotatable bonds is 3. The molecule has 3 N–H and O–H groups in total. The zero-order valence-electron chi connectivity index (χ0n) is 10.1. The molecule has 1 heterocycles. The van der Waals surface area contributed by atoms with Gasteiger partial charge in [-0.05, 0) is 38.0 Å². The molecule has 0 unspecified atom stereocenters. The van der Waals surface area contributed by atoms with E-state index >= 15 is 0 Å². The van der Waals surface area contributed by atoms with Crippen molar-refractivity contribution in [3.8, 4) is 0 Å². The van der Waals surface area contributed by atoms with Crippen LogP contribution in [0.3, 0.4) is 0 Å². The molecule has 1 amide bonds. The average Bonchev–Trinajstić information content (AvgIpc) is 2.82. The quantitative estimate of drug-likeness (QED) is 0.833. The summed E-state index contributed by atoms with van der Waals surface area (Å²) in [5, 5.41) is 2.81. The molecule has 0 bridgehead atoms. The first kappa shape index (κ1) is 11.9. The van der Waals surface area contributed by atoms with E-state index in [1.165, 1.54) is 18.5 Å². The highest BCUT2D eigenvalue weighted by Gasteiger charge is 2.13. The zero-order valence-corrected chi connectivity index (χ0v) is 10.1. The minimum atomic E-state index is -0.481. The van der Waals surface area contributed by atoms with Crippen LogP contribution in [-0.2, 0) is 4.79 Å². The Morgan fingerprint density at radius 2 is 2.12 bits per heavy atom.